The van der Waals surface area contributed by atoms with E-state index >= 15 is 0 Å². The van der Waals surface area contributed by atoms with Crippen LogP contribution in [0, 0.1) is 6.92 Å². The number of para-hydroxylation sites is 1. The number of benzene rings is 1. The van der Waals surface area contributed by atoms with E-state index in [1.54, 1.807) is 11.6 Å². The molecule has 0 bridgehead atoms. The molecule has 0 unspecified atom stereocenters. The first-order chi connectivity index (χ1) is 12.0. The van der Waals surface area contributed by atoms with Gasteiger partial charge in [-0.3, -0.25) is 14.2 Å². The highest BCUT2D eigenvalue weighted by Gasteiger charge is 2.15. The highest BCUT2D eigenvalue weighted by Crippen LogP contribution is 2.14. The number of aryl methyl sites for hydroxylation is 1. The van der Waals surface area contributed by atoms with Crippen molar-refractivity contribution < 1.29 is 4.79 Å². The molecule has 0 fully saturated rings. The molecule has 1 aromatic carbocycles. The summed E-state index contributed by atoms with van der Waals surface area (Å²) in [7, 11) is 0. The molecule has 2 heterocycles. The second-order valence-corrected chi connectivity index (χ2v) is 6.22. The minimum Gasteiger partial charge on any atom is -0.354 e. The summed E-state index contributed by atoms with van der Waals surface area (Å²) in [5.74, 6) is 0.480. The van der Waals surface area contributed by atoms with Crippen LogP contribution in [0.15, 0.2) is 41.3 Å². The fraction of sp³-hybridized carbons (Fsp3) is 0.333. The molecule has 0 aliphatic heterocycles. The molecule has 25 heavy (non-hydrogen) atoms. The number of hydrogen-bond acceptors (Lipinski definition) is 4. The topological polar surface area (TPSA) is 81.8 Å². The van der Waals surface area contributed by atoms with E-state index in [-0.39, 0.29) is 23.9 Å². The van der Waals surface area contributed by atoms with Gasteiger partial charge in [-0.15, -0.1) is 0 Å². The molecule has 0 aliphatic carbocycles. The van der Waals surface area contributed by atoms with Crippen LogP contribution in [0.5, 0.6) is 0 Å². The Morgan fingerprint density at radius 1 is 1.24 bits per heavy atom. The molecule has 1 N–H and O–H groups in total. The van der Waals surface area contributed by atoms with E-state index in [0.29, 0.717) is 23.4 Å². The summed E-state index contributed by atoms with van der Waals surface area (Å²) in [6.45, 7) is 5.87. The molecule has 2 aromatic heterocycles. The van der Waals surface area contributed by atoms with Crippen molar-refractivity contribution in [2.75, 3.05) is 0 Å². The van der Waals surface area contributed by atoms with Crippen molar-refractivity contribution in [3.8, 4) is 5.69 Å². The molecule has 0 saturated carbocycles. The second kappa shape index (κ2) is 6.88. The van der Waals surface area contributed by atoms with Crippen molar-refractivity contribution in [1.82, 2.24) is 24.6 Å². The zero-order chi connectivity index (χ0) is 18.0. The van der Waals surface area contributed by atoms with Crippen molar-refractivity contribution in [2.45, 2.75) is 39.8 Å². The summed E-state index contributed by atoms with van der Waals surface area (Å²) < 4.78 is 3.18. The Kier molecular flexibility index (Phi) is 4.65. The molecular weight excluding hydrogens is 318 g/mol. The van der Waals surface area contributed by atoms with Gasteiger partial charge in [-0.1, -0.05) is 18.2 Å². The lowest BCUT2D eigenvalue weighted by molar-refractivity contribution is -0.121. The lowest BCUT2D eigenvalue weighted by atomic mass is 10.3. The van der Waals surface area contributed by atoms with Gasteiger partial charge >= 0.3 is 0 Å². The van der Waals surface area contributed by atoms with Crippen molar-refractivity contribution in [3.63, 3.8) is 0 Å². The summed E-state index contributed by atoms with van der Waals surface area (Å²) in [5.41, 5.74) is 1.19. The van der Waals surface area contributed by atoms with E-state index in [9.17, 15) is 9.59 Å². The van der Waals surface area contributed by atoms with Gasteiger partial charge in [0.1, 0.15) is 11.2 Å². The Morgan fingerprint density at radius 3 is 2.64 bits per heavy atom. The third kappa shape index (κ3) is 3.45. The van der Waals surface area contributed by atoms with Gasteiger partial charge in [-0.25, -0.2) is 9.67 Å². The first-order valence-electron chi connectivity index (χ1n) is 8.27. The maximum atomic E-state index is 12.8. The Balaban J connectivity index is 1.95. The van der Waals surface area contributed by atoms with E-state index in [0.717, 1.165) is 5.69 Å². The summed E-state index contributed by atoms with van der Waals surface area (Å²) >= 11 is 0. The van der Waals surface area contributed by atoms with Gasteiger partial charge in [0.25, 0.3) is 5.56 Å². The van der Waals surface area contributed by atoms with Crippen LogP contribution < -0.4 is 10.9 Å². The Hall–Kier alpha value is -2.96. The number of fused-ring (bicyclic) bond motifs is 1. The number of carbonyl (C=O) groups is 1. The summed E-state index contributed by atoms with van der Waals surface area (Å²) in [6.07, 6.45) is 1.76. The third-order valence-electron chi connectivity index (χ3n) is 3.89. The molecular formula is C18H21N5O2. The first-order valence-corrected chi connectivity index (χ1v) is 8.27. The fourth-order valence-corrected chi connectivity index (χ4v) is 2.74. The summed E-state index contributed by atoms with van der Waals surface area (Å²) in [5, 5.41) is 7.57. The Bertz CT molecular complexity index is 957. The van der Waals surface area contributed by atoms with Gasteiger partial charge in [0.15, 0.2) is 5.65 Å². The Morgan fingerprint density at radius 2 is 1.96 bits per heavy atom. The highest BCUT2D eigenvalue weighted by atomic mass is 16.2. The monoisotopic (exact) mass is 339 g/mol. The van der Waals surface area contributed by atoms with Crippen molar-refractivity contribution in [3.05, 3.63) is 52.7 Å². The predicted octanol–water partition coefficient (Wildman–Crippen LogP) is 1.81. The van der Waals surface area contributed by atoms with E-state index < -0.39 is 0 Å². The number of aromatic nitrogens is 4. The molecule has 130 valence electrons. The number of nitrogens with zero attached hydrogens (tertiary/aromatic N) is 4. The maximum Gasteiger partial charge on any atom is 0.264 e. The van der Waals surface area contributed by atoms with Gasteiger partial charge in [0.05, 0.1) is 11.9 Å². The van der Waals surface area contributed by atoms with Crippen LogP contribution in [0.25, 0.3) is 16.7 Å². The zero-order valence-corrected chi connectivity index (χ0v) is 14.6. The standard InChI is InChI=1S/C18H21N5O2/c1-12(2)20-16(24)9-10-22-13(3)21-17-15(18(22)25)11-19-23(17)14-7-5-4-6-8-14/h4-8,11-12H,9-10H2,1-3H3,(H,20,24). The van der Waals surface area contributed by atoms with Crippen LogP contribution >= 0.6 is 0 Å². The van der Waals surface area contributed by atoms with Gasteiger partial charge < -0.3 is 5.32 Å². The molecule has 1 amide bonds. The fourth-order valence-electron chi connectivity index (χ4n) is 2.74. The van der Waals surface area contributed by atoms with Gasteiger partial charge in [0.2, 0.25) is 5.91 Å². The van der Waals surface area contributed by atoms with Crippen LogP contribution in [0.4, 0.5) is 0 Å². The molecule has 0 atom stereocenters. The lowest BCUT2D eigenvalue weighted by Crippen LogP contribution is -2.32. The first kappa shape index (κ1) is 16.9. The Labute approximate surface area is 145 Å². The van der Waals surface area contributed by atoms with Gasteiger partial charge in [-0.2, -0.15) is 5.10 Å². The van der Waals surface area contributed by atoms with Gasteiger partial charge in [-0.05, 0) is 32.9 Å². The summed E-state index contributed by atoms with van der Waals surface area (Å²) in [6, 6.07) is 9.63. The molecule has 7 nitrogen and oxygen atoms in total. The maximum absolute atomic E-state index is 12.8. The molecule has 0 spiro atoms. The smallest absolute Gasteiger partial charge is 0.264 e. The van der Waals surface area contributed by atoms with Crippen LogP contribution in [-0.2, 0) is 11.3 Å². The average Bonchev–Trinajstić information content (AvgIpc) is 2.98. The molecule has 3 rings (SSSR count). The second-order valence-electron chi connectivity index (χ2n) is 6.22. The third-order valence-corrected chi connectivity index (χ3v) is 3.89. The quantitative estimate of drug-likeness (QED) is 0.768. The van der Waals surface area contributed by atoms with E-state index in [4.69, 9.17) is 0 Å². The van der Waals surface area contributed by atoms with E-state index in [1.165, 1.54) is 10.8 Å². The summed E-state index contributed by atoms with van der Waals surface area (Å²) in [4.78, 5) is 29.1. The van der Waals surface area contributed by atoms with E-state index in [2.05, 4.69) is 15.4 Å². The molecule has 0 aliphatic rings. The van der Waals surface area contributed by atoms with Crippen LogP contribution in [0.2, 0.25) is 0 Å². The molecule has 0 radical (unpaired) electrons. The highest BCUT2D eigenvalue weighted by molar-refractivity contribution is 5.77. The van der Waals surface area contributed by atoms with Crippen molar-refractivity contribution >= 4 is 16.9 Å². The number of carbonyl (C=O) groups excluding carboxylic acids is 1. The number of amides is 1. The van der Waals surface area contributed by atoms with Crippen molar-refractivity contribution in [2.24, 2.45) is 0 Å². The number of nitrogens with one attached hydrogen (secondary N) is 1. The normalized spacial score (nSPS) is 11.2. The van der Waals surface area contributed by atoms with Gasteiger partial charge in [0, 0.05) is 19.0 Å². The number of rotatable bonds is 5. The molecule has 7 heteroatoms. The predicted molar refractivity (Wildman–Crippen MR) is 95.8 cm³/mol. The molecule has 3 aromatic rings. The van der Waals surface area contributed by atoms with Crippen LogP contribution in [-0.4, -0.2) is 31.3 Å². The largest absolute Gasteiger partial charge is 0.354 e. The zero-order valence-electron chi connectivity index (χ0n) is 14.6. The minimum atomic E-state index is -0.179. The van der Waals surface area contributed by atoms with Crippen molar-refractivity contribution in [1.29, 1.82) is 0 Å². The number of hydrogen-bond donors (Lipinski definition) is 1. The van der Waals surface area contributed by atoms with Crippen LogP contribution in [0.3, 0.4) is 0 Å². The lowest BCUT2D eigenvalue weighted by Gasteiger charge is -2.11. The SMILES string of the molecule is Cc1nc2c(cnn2-c2ccccc2)c(=O)n1CCC(=O)NC(C)C. The molecule has 0 saturated heterocycles. The van der Waals surface area contributed by atoms with E-state index in [1.807, 2.05) is 44.2 Å². The average molecular weight is 339 g/mol. The van der Waals surface area contributed by atoms with Crippen LogP contribution in [0.1, 0.15) is 26.1 Å². The minimum absolute atomic E-state index is 0.0787.